The van der Waals surface area contributed by atoms with E-state index in [2.05, 4.69) is 15.3 Å². The van der Waals surface area contributed by atoms with Crippen molar-refractivity contribution in [2.75, 3.05) is 6.54 Å². The largest absolute Gasteiger partial charge is 0.309 e. The van der Waals surface area contributed by atoms with E-state index in [1.54, 1.807) is 12.4 Å². The van der Waals surface area contributed by atoms with Crippen molar-refractivity contribution in [2.24, 2.45) is 0 Å². The number of halogens is 1. The minimum atomic E-state index is 0. The predicted octanol–water partition coefficient (Wildman–Crippen LogP) is 1.52. The number of nitrogens with one attached hydrogen (secondary N) is 1. The van der Waals surface area contributed by atoms with Gasteiger partial charge in [0.05, 0.1) is 11.7 Å². The first-order valence-corrected chi connectivity index (χ1v) is 3.96. The molecule has 1 aliphatic rings. The maximum atomic E-state index is 4.24. The molecule has 1 aromatic rings. The van der Waals surface area contributed by atoms with Crippen molar-refractivity contribution in [3.8, 4) is 0 Å². The first-order chi connectivity index (χ1) is 5.47. The van der Waals surface area contributed by atoms with Crippen LogP contribution in [0.1, 0.15) is 24.6 Å². The second-order valence-electron chi connectivity index (χ2n) is 2.78. The second-order valence-corrected chi connectivity index (χ2v) is 2.78. The minimum absolute atomic E-state index is 0. The highest BCUT2D eigenvalue weighted by molar-refractivity contribution is 14.0. The summed E-state index contributed by atoms with van der Waals surface area (Å²) in [4.78, 5) is 8.26. The van der Waals surface area contributed by atoms with Crippen molar-refractivity contribution in [1.29, 1.82) is 0 Å². The Bertz CT molecular complexity index is 221. The molecule has 1 N–H and O–H groups in total. The van der Waals surface area contributed by atoms with Crippen LogP contribution in [0, 0.1) is 0 Å². The summed E-state index contributed by atoms with van der Waals surface area (Å²) in [7, 11) is 0. The molecule has 2 heterocycles. The van der Waals surface area contributed by atoms with Gasteiger partial charge < -0.3 is 5.32 Å². The first kappa shape index (κ1) is 9.85. The summed E-state index contributed by atoms with van der Waals surface area (Å²) >= 11 is 0. The average Bonchev–Trinajstić information content (AvgIpc) is 2.58. The Morgan fingerprint density at radius 2 is 2.33 bits per heavy atom. The monoisotopic (exact) mass is 277 g/mol. The number of rotatable bonds is 1. The van der Waals surface area contributed by atoms with Crippen molar-refractivity contribution < 1.29 is 0 Å². The van der Waals surface area contributed by atoms with Crippen LogP contribution in [0.15, 0.2) is 18.6 Å². The van der Waals surface area contributed by atoms with E-state index in [1.165, 1.54) is 12.8 Å². The third-order valence-corrected chi connectivity index (χ3v) is 2.00. The molecule has 1 atom stereocenters. The fourth-order valence-electron chi connectivity index (χ4n) is 1.43. The van der Waals surface area contributed by atoms with Gasteiger partial charge in [-0.2, -0.15) is 0 Å². The average molecular weight is 277 g/mol. The van der Waals surface area contributed by atoms with Crippen molar-refractivity contribution in [3.05, 3.63) is 24.3 Å². The quantitative estimate of drug-likeness (QED) is 0.791. The summed E-state index contributed by atoms with van der Waals surface area (Å²) in [6.45, 7) is 1.11. The fourth-order valence-corrected chi connectivity index (χ4v) is 1.43. The lowest BCUT2D eigenvalue weighted by molar-refractivity contribution is 0.624. The van der Waals surface area contributed by atoms with Crippen LogP contribution >= 0.6 is 24.0 Å². The van der Waals surface area contributed by atoms with E-state index >= 15 is 0 Å². The molecule has 66 valence electrons. The fraction of sp³-hybridized carbons (Fsp3) is 0.500. The zero-order chi connectivity index (χ0) is 7.52. The predicted molar refractivity (Wildman–Crippen MR) is 57.4 cm³/mol. The van der Waals surface area contributed by atoms with Crippen molar-refractivity contribution in [1.82, 2.24) is 15.3 Å². The van der Waals surface area contributed by atoms with E-state index in [1.807, 2.05) is 6.20 Å². The molecular formula is C8H12IN3. The highest BCUT2D eigenvalue weighted by Gasteiger charge is 2.16. The molecule has 0 aromatic carbocycles. The summed E-state index contributed by atoms with van der Waals surface area (Å²) in [6.07, 6.45) is 7.73. The van der Waals surface area contributed by atoms with E-state index in [0.29, 0.717) is 6.04 Å². The van der Waals surface area contributed by atoms with Crippen LogP contribution in [0.25, 0.3) is 0 Å². The molecular weight excluding hydrogens is 265 g/mol. The number of hydrogen-bond acceptors (Lipinski definition) is 3. The molecule has 0 saturated carbocycles. The van der Waals surface area contributed by atoms with Crippen LogP contribution in [0.4, 0.5) is 0 Å². The molecule has 3 nitrogen and oxygen atoms in total. The van der Waals surface area contributed by atoms with Crippen LogP contribution < -0.4 is 5.32 Å². The van der Waals surface area contributed by atoms with Crippen LogP contribution in [0.2, 0.25) is 0 Å². The molecule has 4 heteroatoms. The van der Waals surface area contributed by atoms with Crippen LogP contribution in [0.5, 0.6) is 0 Å². The standard InChI is InChI=1S/C8H11N3.HI/c1-2-7(10-3-1)8-6-9-4-5-11-8;/h4-7,10H,1-3H2;1H. The summed E-state index contributed by atoms with van der Waals surface area (Å²) in [5.41, 5.74) is 1.07. The maximum absolute atomic E-state index is 4.24. The topological polar surface area (TPSA) is 37.8 Å². The number of aromatic nitrogens is 2. The smallest absolute Gasteiger partial charge is 0.0756 e. The maximum Gasteiger partial charge on any atom is 0.0756 e. The van der Waals surface area contributed by atoms with Gasteiger partial charge in [0.2, 0.25) is 0 Å². The third kappa shape index (κ3) is 2.13. The van der Waals surface area contributed by atoms with Crippen LogP contribution in [0.3, 0.4) is 0 Å². The Morgan fingerprint density at radius 3 is 2.92 bits per heavy atom. The van der Waals surface area contributed by atoms with E-state index in [4.69, 9.17) is 0 Å². The third-order valence-electron chi connectivity index (χ3n) is 2.00. The Hall–Kier alpha value is -0.230. The SMILES string of the molecule is I.c1cnc(C2CCCN2)cn1. The van der Waals surface area contributed by atoms with Gasteiger partial charge in [-0.25, -0.2) is 0 Å². The molecule has 0 bridgehead atoms. The molecule has 2 rings (SSSR count). The van der Waals surface area contributed by atoms with Gasteiger partial charge >= 0.3 is 0 Å². The van der Waals surface area contributed by atoms with Crippen molar-refractivity contribution in [2.45, 2.75) is 18.9 Å². The summed E-state index contributed by atoms with van der Waals surface area (Å²) in [5.74, 6) is 0. The van der Waals surface area contributed by atoms with Gasteiger partial charge in [-0.05, 0) is 19.4 Å². The van der Waals surface area contributed by atoms with Gasteiger partial charge in [0.1, 0.15) is 0 Å². The molecule has 0 spiro atoms. The van der Waals surface area contributed by atoms with Gasteiger partial charge in [-0.3, -0.25) is 9.97 Å². The number of nitrogens with zero attached hydrogens (tertiary/aromatic N) is 2. The van der Waals surface area contributed by atoms with Gasteiger partial charge in [-0.15, -0.1) is 24.0 Å². The minimum Gasteiger partial charge on any atom is -0.309 e. The Labute approximate surface area is 89.0 Å². The number of hydrogen-bond donors (Lipinski definition) is 1. The lowest BCUT2D eigenvalue weighted by Crippen LogP contribution is -2.14. The Kier molecular flexibility index (Phi) is 3.87. The Balaban J connectivity index is 0.000000720. The van der Waals surface area contributed by atoms with Crippen LogP contribution in [-0.2, 0) is 0 Å². The Morgan fingerprint density at radius 1 is 1.42 bits per heavy atom. The zero-order valence-electron chi connectivity index (χ0n) is 6.73. The van der Waals surface area contributed by atoms with E-state index < -0.39 is 0 Å². The molecule has 1 aromatic heterocycles. The van der Waals surface area contributed by atoms with E-state index in [0.717, 1.165) is 12.2 Å². The highest BCUT2D eigenvalue weighted by atomic mass is 127. The van der Waals surface area contributed by atoms with E-state index in [-0.39, 0.29) is 24.0 Å². The molecule has 1 unspecified atom stereocenters. The lowest BCUT2D eigenvalue weighted by atomic mass is 10.2. The molecule has 1 fully saturated rings. The second kappa shape index (κ2) is 4.71. The normalized spacial score (nSPS) is 21.8. The molecule has 12 heavy (non-hydrogen) atoms. The zero-order valence-corrected chi connectivity index (χ0v) is 9.06. The van der Waals surface area contributed by atoms with Crippen molar-refractivity contribution >= 4 is 24.0 Å². The first-order valence-electron chi connectivity index (χ1n) is 3.96. The highest BCUT2D eigenvalue weighted by Crippen LogP contribution is 2.19. The van der Waals surface area contributed by atoms with Crippen LogP contribution in [-0.4, -0.2) is 16.5 Å². The van der Waals surface area contributed by atoms with Crippen molar-refractivity contribution in [3.63, 3.8) is 0 Å². The molecule has 0 aliphatic carbocycles. The summed E-state index contributed by atoms with van der Waals surface area (Å²) in [6, 6.07) is 0.448. The van der Waals surface area contributed by atoms with Gasteiger partial charge in [-0.1, -0.05) is 0 Å². The van der Waals surface area contributed by atoms with Gasteiger partial charge in [0.15, 0.2) is 0 Å². The van der Waals surface area contributed by atoms with E-state index in [9.17, 15) is 0 Å². The summed E-state index contributed by atoms with van der Waals surface area (Å²) in [5, 5.41) is 3.37. The summed E-state index contributed by atoms with van der Waals surface area (Å²) < 4.78 is 0. The van der Waals surface area contributed by atoms with Gasteiger partial charge in [0.25, 0.3) is 0 Å². The molecule has 1 aliphatic heterocycles. The molecule has 0 amide bonds. The lowest BCUT2D eigenvalue weighted by Gasteiger charge is -2.06. The molecule has 0 radical (unpaired) electrons. The van der Waals surface area contributed by atoms with Gasteiger partial charge in [0, 0.05) is 18.6 Å². The molecule has 1 saturated heterocycles.